The van der Waals surface area contributed by atoms with Gasteiger partial charge in [0.15, 0.2) is 11.5 Å². The van der Waals surface area contributed by atoms with E-state index in [0.29, 0.717) is 23.3 Å². The van der Waals surface area contributed by atoms with Crippen LogP contribution in [0, 0.1) is 17.3 Å². The lowest BCUT2D eigenvalue weighted by Gasteiger charge is -2.51. The van der Waals surface area contributed by atoms with Crippen LogP contribution in [0.4, 0.5) is 0 Å². The van der Waals surface area contributed by atoms with Crippen LogP contribution in [-0.4, -0.2) is 29.3 Å². The Kier molecular flexibility index (Phi) is 5.31. The van der Waals surface area contributed by atoms with E-state index in [-0.39, 0.29) is 35.3 Å². The van der Waals surface area contributed by atoms with Gasteiger partial charge in [0, 0.05) is 6.04 Å². The van der Waals surface area contributed by atoms with Crippen molar-refractivity contribution in [1.82, 2.24) is 5.32 Å². The van der Waals surface area contributed by atoms with Gasteiger partial charge in [0.1, 0.15) is 5.75 Å². The first-order valence-corrected chi connectivity index (χ1v) is 11.9. The highest BCUT2D eigenvalue weighted by Gasteiger charge is 2.55. The monoisotopic (exact) mass is 435 g/mol. The van der Waals surface area contributed by atoms with E-state index >= 15 is 0 Å². The minimum atomic E-state index is -0.184. The Morgan fingerprint density at radius 2 is 1.94 bits per heavy atom. The number of aryl methyl sites for hydroxylation is 1. The summed E-state index contributed by atoms with van der Waals surface area (Å²) in [7, 11) is 1.73. The van der Waals surface area contributed by atoms with E-state index in [0.717, 1.165) is 25.0 Å². The Bertz CT molecular complexity index is 1030. The van der Waals surface area contributed by atoms with E-state index in [2.05, 4.69) is 30.4 Å². The second-order valence-corrected chi connectivity index (χ2v) is 10.2. The van der Waals surface area contributed by atoms with Crippen molar-refractivity contribution in [3.63, 3.8) is 0 Å². The molecular formula is C27H33NO4. The number of aromatic hydroxyl groups is 2. The molecule has 5 nitrogen and oxygen atoms in total. The molecular weight excluding hydrogens is 402 g/mol. The van der Waals surface area contributed by atoms with E-state index in [1.807, 2.05) is 0 Å². The number of amides is 1. The molecule has 32 heavy (non-hydrogen) atoms. The molecule has 3 unspecified atom stereocenters. The number of benzene rings is 2. The molecule has 2 aromatic carbocycles. The zero-order valence-corrected chi connectivity index (χ0v) is 18.9. The highest BCUT2D eigenvalue weighted by molar-refractivity contribution is 5.79. The molecule has 5 atom stereocenters. The average Bonchev–Trinajstić information content (AvgIpc) is 3.11. The van der Waals surface area contributed by atoms with Gasteiger partial charge in [-0.2, -0.15) is 0 Å². The third-order valence-corrected chi connectivity index (χ3v) is 8.67. The van der Waals surface area contributed by atoms with E-state index in [1.165, 1.54) is 42.5 Å². The van der Waals surface area contributed by atoms with Crippen LogP contribution in [0.2, 0.25) is 0 Å². The van der Waals surface area contributed by atoms with E-state index < -0.39 is 0 Å². The zero-order chi connectivity index (χ0) is 22.5. The Balaban J connectivity index is 1.29. The summed E-state index contributed by atoms with van der Waals surface area (Å²) in [6.07, 6.45) is 7.07. The Morgan fingerprint density at radius 3 is 2.72 bits per heavy atom. The van der Waals surface area contributed by atoms with Crippen molar-refractivity contribution in [3.8, 4) is 17.2 Å². The summed E-state index contributed by atoms with van der Waals surface area (Å²) in [6, 6.07) is 11.4. The molecule has 3 aliphatic carbocycles. The maximum atomic E-state index is 12.8. The number of hydrogen-bond acceptors (Lipinski definition) is 4. The third kappa shape index (κ3) is 3.52. The molecule has 1 amide bonds. The van der Waals surface area contributed by atoms with E-state index in [1.54, 1.807) is 13.2 Å². The predicted octanol–water partition coefficient (Wildman–Crippen LogP) is 4.69. The molecule has 5 heteroatoms. The summed E-state index contributed by atoms with van der Waals surface area (Å²) in [5, 5.41) is 22.5. The van der Waals surface area contributed by atoms with Gasteiger partial charge in [-0.25, -0.2) is 0 Å². The van der Waals surface area contributed by atoms with Crippen molar-refractivity contribution < 1.29 is 19.7 Å². The van der Waals surface area contributed by atoms with Gasteiger partial charge in [-0.05, 0) is 103 Å². The number of carbonyl (C=O) groups excluding carboxylic acids is 1. The lowest BCUT2D eigenvalue weighted by molar-refractivity contribution is -0.122. The van der Waals surface area contributed by atoms with Crippen LogP contribution < -0.4 is 10.1 Å². The molecule has 0 heterocycles. The fourth-order valence-corrected chi connectivity index (χ4v) is 7.03. The van der Waals surface area contributed by atoms with Crippen molar-refractivity contribution >= 4 is 5.91 Å². The maximum absolute atomic E-state index is 12.8. The highest BCUT2D eigenvalue weighted by atomic mass is 16.5. The minimum absolute atomic E-state index is 0.00910. The van der Waals surface area contributed by atoms with Crippen molar-refractivity contribution in [2.24, 2.45) is 17.3 Å². The molecule has 2 fully saturated rings. The molecule has 2 saturated carbocycles. The van der Waals surface area contributed by atoms with Crippen LogP contribution in [0.1, 0.15) is 61.6 Å². The van der Waals surface area contributed by atoms with Gasteiger partial charge in [-0.1, -0.05) is 19.1 Å². The second kappa shape index (κ2) is 8.02. The number of hydrogen-bond donors (Lipinski definition) is 3. The van der Waals surface area contributed by atoms with Gasteiger partial charge in [0.05, 0.1) is 13.5 Å². The predicted molar refractivity (Wildman–Crippen MR) is 123 cm³/mol. The number of rotatable bonds is 4. The van der Waals surface area contributed by atoms with Crippen molar-refractivity contribution in [2.45, 2.75) is 63.8 Å². The molecule has 0 aliphatic heterocycles. The molecule has 0 radical (unpaired) electrons. The lowest BCUT2D eigenvalue weighted by atomic mass is 9.55. The van der Waals surface area contributed by atoms with Crippen LogP contribution in [0.3, 0.4) is 0 Å². The summed E-state index contributed by atoms with van der Waals surface area (Å²) in [5.74, 6) is 2.54. The van der Waals surface area contributed by atoms with Crippen LogP contribution in [-0.2, 0) is 17.6 Å². The number of fused-ring (bicyclic) bond motifs is 5. The quantitative estimate of drug-likeness (QED) is 0.609. The molecule has 170 valence electrons. The van der Waals surface area contributed by atoms with Gasteiger partial charge < -0.3 is 20.3 Å². The molecule has 0 aromatic heterocycles. The van der Waals surface area contributed by atoms with Crippen LogP contribution >= 0.6 is 0 Å². The van der Waals surface area contributed by atoms with Gasteiger partial charge in [-0.15, -0.1) is 0 Å². The summed E-state index contributed by atoms with van der Waals surface area (Å²) in [6.45, 7) is 2.39. The SMILES string of the molecule is COc1ccc2c(c1)CCC1C2CC[C@@]2(C)C1CC[C@@H]2NC(=O)Cc1ccc(O)c(O)c1. The normalized spacial score (nSPS) is 30.7. The van der Waals surface area contributed by atoms with E-state index in [9.17, 15) is 15.0 Å². The van der Waals surface area contributed by atoms with Crippen LogP contribution in [0.25, 0.3) is 0 Å². The molecule has 0 spiro atoms. The number of nitrogens with one attached hydrogen (secondary N) is 1. The maximum Gasteiger partial charge on any atom is 0.224 e. The van der Waals surface area contributed by atoms with Gasteiger partial charge in [-0.3, -0.25) is 4.79 Å². The summed E-state index contributed by atoms with van der Waals surface area (Å²) >= 11 is 0. The minimum Gasteiger partial charge on any atom is -0.504 e. The Labute approximate surface area is 189 Å². The molecule has 3 aliphatic rings. The summed E-state index contributed by atoms with van der Waals surface area (Å²) in [5.41, 5.74) is 3.82. The highest BCUT2D eigenvalue weighted by Crippen LogP contribution is 2.61. The van der Waals surface area contributed by atoms with Crippen molar-refractivity contribution in [1.29, 1.82) is 0 Å². The standard InChI is InChI=1S/C27H33NO4/c1-27-12-11-20-19-7-5-18(32-2)15-17(19)4-6-21(20)22(27)8-10-25(27)28-26(31)14-16-3-9-23(29)24(30)13-16/h3,5,7,9,13,15,20-22,25,29-30H,4,6,8,10-12,14H2,1-2H3,(H,28,31)/t20?,21?,22?,25-,27-/m0/s1. The first-order valence-electron chi connectivity index (χ1n) is 11.9. The average molecular weight is 436 g/mol. The van der Waals surface area contributed by atoms with Gasteiger partial charge >= 0.3 is 0 Å². The third-order valence-electron chi connectivity index (χ3n) is 8.67. The molecule has 5 rings (SSSR count). The van der Waals surface area contributed by atoms with Gasteiger partial charge in [0.25, 0.3) is 0 Å². The first-order chi connectivity index (χ1) is 15.4. The van der Waals surface area contributed by atoms with Crippen LogP contribution in [0.5, 0.6) is 17.2 Å². The summed E-state index contributed by atoms with van der Waals surface area (Å²) in [4.78, 5) is 12.8. The zero-order valence-electron chi connectivity index (χ0n) is 18.9. The molecule has 3 N–H and O–H groups in total. The lowest BCUT2D eigenvalue weighted by Crippen LogP contribution is -2.50. The van der Waals surface area contributed by atoms with Crippen molar-refractivity contribution in [3.05, 3.63) is 53.1 Å². The number of phenols is 2. The Hall–Kier alpha value is -2.69. The van der Waals surface area contributed by atoms with Crippen LogP contribution in [0.15, 0.2) is 36.4 Å². The number of carbonyl (C=O) groups is 1. The first kappa shape index (κ1) is 21.2. The fourth-order valence-electron chi connectivity index (χ4n) is 7.03. The molecule has 0 saturated heterocycles. The topological polar surface area (TPSA) is 78.8 Å². The second-order valence-electron chi connectivity index (χ2n) is 10.2. The van der Waals surface area contributed by atoms with Gasteiger partial charge in [0.2, 0.25) is 5.91 Å². The largest absolute Gasteiger partial charge is 0.504 e. The summed E-state index contributed by atoms with van der Waals surface area (Å²) < 4.78 is 5.44. The molecule has 2 aromatic rings. The Morgan fingerprint density at radius 1 is 1.09 bits per heavy atom. The fraction of sp³-hybridized carbons (Fsp3) is 0.519. The number of methoxy groups -OCH3 is 1. The number of ether oxygens (including phenoxy) is 1. The smallest absolute Gasteiger partial charge is 0.224 e. The molecule has 0 bridgehead atoms. The number of phenolic OH excluding ortho intramolecular Hbond substituents is 2. The van der Waals surface area contributed by atoms with Crippen molar-refractivity contribution in [2.75, 3.05) is 7.11 Å². The van der Waals surface area contributed by atoms with E-state index in [4.69, 9.17) is 4.74 Å².